The predicted molar refractivity (Wildman–Crippen MR) is 157 cm³/mol. The number of halogens is 1. The van der Waals surface area contributed by atoms with Crippen LogP contribution in [0.3, 0.4) is 0 Å². The number of aromatic nitrogens is 2. The minimum absolute atomic E-state index is 0.0116. The third-order valence-corrected chi connectivity index (χ3v) is 14.0. The highest BCUT2D eigenvalue weighted by Gasteiger charge is 2.46. The van der Waals surface area contributed by atoms with Crippen molar-refractivity contribution in [1.82, 2.24) is 14.2 Å². The van der Waals surface area contributed by atoms with E-state index < -0.39 is 40.4 Å². The minimum atomic E-state index is -2.17. The van der Waals surface area contributed by atoms with Crippen molar-refractivity contribution in [2.45, 2.75) is 104 Å². The Balaban J connectivity index is 2.33. The number of nitrogens with zero attached hydrogens (tertiary/aromatic N) is 3. The molecule has 1 aromatic rings. The molecule has 0 bridgehead atoms. The number of ether oxygens (including phenoxy) is 1. The van der Waals surface area contributed by atoms with Crippen molar-refractivity contribution in [3.63, 3.8) is 0 Å². The van der Waals surface area contributed by atoms with E-state index in [1.54, 1.807) is 0 Å². The van der Waals surface area contributed by atoms with Gasteiger partial charge in [0.05, 0.1) is 16.3 Å². The van der Waals surface area contributed by atoms with Crippen LogP contribution in [-0.2, 0) is 18.2 Å². The van der Waals surface area contributed by atoms with Gasteiger partial charge < -0.3 is 23.1 Å². The summed E-state index contributed by atoms with van der Waals surface area (Å²) in [5, 5.41) is -0.0116. The molecule has 210 valence electrons. The quantitative estimate of drug-likeness (QED) is 0.109. The van der Waals surface area contributed by atoms with E-state index in [4.69, 9.17) is 24.8 Å². The van der Waals surface area contributed by atoms with Gasteiger partial charge in [-0.2, -0.15) is 0 Å². The van der Waals surface area contributed by atoms with Gasteiger partial charge in [-0.1, -0.05) is 20.8 Å². The Morgan fingerprint density at radius 3 is 2.43 bits per heavy atom. The van der Waals surface area contributed by atoms with Gasteiger partial charge in [-0.15, -0.1) is 0 Å². The van der Waals surface area contributed by atoms with E-state index in [1.807, 2.05) is 22.6 Å². The van der Waals surface area contributed by atoms with Crippen LogP contribution in [0.4, 0.5) is 0 Å². The van der Waals surface area contributed by atoms with Gasteiger partial charge in [-0.05, 0) is 68.4 Å². The normalized spacial score (nSPS) is 21.7. The maximum absolute atomic E-state index is 12.6. The molecular formula is C24H42IN4O6PSi. The van der Waals surface area contributed by atoms with Crippen LogP contribution in [0, 0.1) is 10.1 Å². The summed E-state index contributed by atoms with van der Waals surface area (Å²) in [6, 6.07) is 0.356. The van der Waals surface area contributed by atoms with E-state index >= 15 is 0 Å². The molecule has 0 saturated carbocycles. The Morgan fingerprint density at radius 2 is 1.89 bits per heavy atom. The largest absolute Gasteiger partial charge is 0.411 e. The summed E-state index contributed by atoms with van der Waals surface area (Å²) in [6.45, 7) is 27.1. The van der Waals surface area contributed by atoms with Crippen molar-refractivity contribution < 1.29 is 18.2 Å². The molecule has 37 heavy (non-hydrogen) atoms. The predicted octanol–water partition coefficient (Wildman–Crippen LogP) is 5.12. The van der Waals surface area contributed by atoms with Crippen molar-refractivity contribution in [2.75, 3.05) is 19.8 Å². The molecule has 0 radical (unpaired) electrons. The third kappa shape index (κ3) is 8.67. The molecular weight excluding hydrogens is 626 g/mol. The van der Waals surface area contributed by atoms with Gasteiger partial charge in [0.25, 0.3) is 14.1 Å². The molecule has 1 fully saturated rings. The van der Waals surface area contributed by atoms with Crippen molar-refractivity contribution in [1.29, 1.82) is 0 Å². The molecule has 0 amide bonds. The van der Waals surface area contributed by atoms with Crippen LogP contribution in [0.2, 0.25) is 18.1 Å². The van der Waals surface area contributed by atoms with Crippen molar-refractivity contribution in [3.8, 4) is 0 Å². The lowest BCUT2D eigenvalue weighted by molar-refractivity contribution is -0.0413. The number of hydrogen-bond acceptors (Lipinski definition) is 7. The number of aromatic amines is 1. The maximum Gasteiger partial charge on any atom is 0.330 e. The van der Waals surface area contributed by atoms with Crippen LogP contribution in [0.5, 0.6) is 0 Å². The molecule has 0 aromatic carbocycles. The molecule has 1 aliphatic rings. The van der Waals surface area contributed by atoms with E-state index in [9.17, 15) is 9.59 Å². The summed E-state index contributed by atoms with van der Waals surface area (Å²) in [5.41, 5.74) is -0.933. The third-order valence-electron chi connectivity index (χ3n) is 6.67. The smallest absolute Gasteiger partial charge is 0.330 e. The zero-order valence-electron chi connectivity index (χ0n) is 23.4. The van der Waals surface area contributed by atoms with E-state index in [1.165, 1.54) is 10.8 Å². The molecule has 10 nitrogen and oxygen atoms in total. The first-order valence-electron chi connectivity index (χ1n) is 12.6. The minimum Gasteiger partial charge on any atom is -0.411 e. The van der Waals surface area contributed by atoms with E-state index in [0.29, 0.717) is 9.99 Å². The van der Waals surface area contributed by atoms with Gasteiger partial charge in [0, 0.05) is 24.7 Å². The molecule has 2 heterocycles. The van der Waals surface area contributed by atoms with E-state index in [2.05, 4.69) is 76.1 Å². The SMILES string of the molecule is [C-]#[N+]CCOP(OC[C@H]1O[C@@H](n2cc(I)c(=O)[nH]c2=O)CC1O[Si](C)(C)C(C)(C)C)N(C(C)C)C(C)C. The van der Waals surface area contributed by atoms with Gasteiger partial charge >= 0.3 is 5.69 Å². The average molecular weight is 669 g/mol. The highest BCUT2D eigenvalue weighted by Crippen LogP contribution is 2.47. The maximum atomic E-state index is 12.6. The fourth-order valence-electron chi connectivity index (χ4n) is 3.82. The van der Waals surface area contributed by atoms with Gasteiger partial charge in [-0.25, -0.2) is 16.0 Å². The molecule has 2 unspecified atom stereocenters. The first kappa shape index (κ1) is 32.6. The highest BCUT2D eigenvalue weighted by molar-refractivity contribution is 14.1. The number of rotatable bonds is 12. The molecule has 1 N–H and O–H groups in total. The molecule has 2 rings (SSSR count). The lowest BCUT2D eigenvalue weighted by Gasteiger charge is -2.39. The monoisotopic (exact) mass is 668 g/mol. The van der Waals surface area contributed by atoms with E-state index in [0.717, 1.165) is 0 Å². The molecule has 1 aromatic heterocycles. The van der Waals surface area contributed by atoms with Crippen molar-refractivity contribution >= 4 is 39.4 Å². The van der Waals surface area contributed by atoms with Gasteiger partial charge in [0.15, 0.2) is 8.32 Å². The lowest BCUT2D eigenvalue weighted by Crippen LogP contribution is -2.46. The molecule has 13 heteroatoms. The Morgan fingerprint density at radius 1 is 1.27 bits per heavy atom. The molecule has 1 aliphatic heterocycles. The molecule has 1 saturated heterocycles. The Hall–Kier alpha value is -0.653. The Bertz CT molecular complexity index is 1040. The van der Waals surface area contributed by atoms with Crippen LogP contribution in [-0.4, -0.2) is 66.6 Å². The average Bonchev–Trinajstić information content (AvgIpc) is 3.14. The summed E-state index contributed by atoms with van der Waals surface area (Å²) < 4.78 is 29.6. The van der Waals surface area contributed by atoms with Gasteiger partial charge in [0.1, 0.15) is 18.9 Å². The first-order valence-corrected chi connectivity index (χ1v) is 17.7. The van der Waals surface area contributed by atoms with Crippen LogP contribution >= 0.6 is 31.1 Å². The fourth-order valence-corrected chi connectivity index (χ4v) is 7.22. The second-order valence-corrected chi connectivity index (χ2v) is 18.6. The van der Waals surface area contributed by atoms with Crippen LogP contribution in [0.25, 0.3) is 4.85 Å². The first-order chi connectivity index (χ1) is 17.1. The highest BCUT2D eigenvalue weighted by atomic mass is 127. The molecule has 4 atom stereocenters. The topological polar surface area (TPSA) is 99.4 Å². The van der Waals surface area contributed by atoms with Crippen molar-refractivity contribution in [3.05, 3.63) is 42.0 Å². The fraction of sp³-hybridized carbons (Fsp3) is 0.792. The summed E-state index contributed by atoms with van der Waals surface area (Å²) in [5.74, 6) is 0. The number of nitrogens with one attached hydrogen (secondary N) is 1. The van der Waals surface area contributed by atoms with Crippen LogP contribution < -0.4 is 11.2 Å². The number of H-pyrrole nitrogens is 1. The molecule has 0 aliphatic carbocycles. The zero-order valence-corrected chi connectivity index (χ0v) is 27.5. The van der Waals surface area contributed by atoms with Gasteiger partial charge in [-0.3, -0.25) is 14.3 Å². The summed E-state index contributed by atoms with van der Waals surface area (Å²) in [6.07, 6.45) is 0.651. The Kier molecular flexibility index (Phi) is 12.0. The number of hydrogen-bond donors (Lipinski definition) is 1. The zero-order chi connectivity index (χ0) is 28.1. The second-order valence-electron chi connectivity index (χ2n) is 11.2. The summed E-state index contributed by atoms with van der Waals surface area (Å²) >= 11 is 1.91. The van der Waals surface area contributed by atoms with Crippen LogP contribution in [0.15, 0.2) is 15.8 Å². The van der Waals surface area contributed by atoms with Gasteiger partial charge in [0.2, 0.25) is 6.54 Å². The molecule has 0 spiro atoms. The summed E-state index contributed by atoms with van der Waals surface area (Å²) in [7, 11) is -3.61. The Labute approximate surface area is 236 Å². The van der Waals surface area contributed by atoms with E-state index in [-0.39, 0.29) is 43.0 Å². The second kappa shape index (κ2) is 13.6. The summed E-state index contributed by atoms with van der Waals surface area (Å²) in [4.78, 5) is 30.3. The van der Waals surface area contributed by atoms with Crippen LogP contribution in [0.1, 0.15) is 61.1 Å². The van der Waals surface area contributed by atoms with Crippen molar-refractivity contribution in [2.24, 2.45) is 0 Å². The standard InChI is InChI=1S/C24H42IN4O6PSi/c1-16(2)29(17(3)4)36(32-12-11-26-8)33-15-20-19(35-37(9,10)24(5,6)7)13-21(34-20)28-14-18(25)22(30)27-23(28)31/h14,16-17,19-21H,11-13,15H2,1-7,9-10H3,(H,27,30,31)/t19?,20-,21-,36?/m1/s1. The lowest BCUT2D eigenvalue weighted by atomic mass is 10.2.